The molecule has 29 heavy (non-hydrogen) atoms. The van der Waals surface area contributed by atoms with E-state index >= 15 is 0 Å². The van der Waals surface area contributed by atoms with Crippen molar-refractivity contribution in [1.82, 2.24) is 9.21 Å². The van der Waals surface area contributed by atoms with Crippen molar-refractivity contribution in [3.63, 3.8) is 0 Å². The van der Waals surface area contributed by atoms with Gasteiger partial charge in [0.15, 0.2) is 0 Å². The van der Waals surface area contributed by atoms with Gasteiger partial charge in [0.1, 0.15) is 5.60 Å². The Morgan fingerprint density at radius 1 is 1.17 bits per heavy atom. The summed E-state index contributed by atoms with van der Waals surface area (Å²) in [4.78, 5) is 39.2. The molecule has 0 aromatic heterocycles. The lowest BCUT2D eigenvalue weighted by Crippen LogP contribution is -2.51. The molecule has 0 aliphatic carbocycles. The lowest BCUT2D eigenvalue weighted by molar-refractivity contribution is -0.153. The molecular weight excluding hydrogens is 400 g/mol. The summed E-state index contributed by atoms with van der Waals surface area (Å²) in [7, 11) is -3.34. The monoisotopic (exact) mass is 428 g/mol. The van der Waals surface area contributed by atoms with Crippen molar-refractivity contribution in [3.05, 3.63) is 11.1 Å². The van der Waals surface area contributed by atoms with Gasteiger partial charge in [0.2, 0.25) is 10.0 Å². The van der Waals surface area contributed by atoms with Crippen molar-refractivity contribution in [2.45, 2.75) is 45.1 Å². The van der Waals surface area contributed by atoms with E-state index in [1.54, 1.807) is 18.7 Å². The molecule has 0 aromatic carbocycles. The molecule has 10 heteroatoms. The van der Waals surface area contributed by atoms with Crippen LogP contribution in [-0.4, -0.2) is 80.1 Å². The van der Waals surface area contributed by atoms with Crippen molar-refractivity contribution in [2.24, 2.45) is 5.92 Å². The molecule has 2 fully saturated rings. The van der Waals surface area contributed by atoms with E-state index in [9.17, 15) is 22.8 Å². The molecule has 0 atom stereocenters. The quantitative estimate of drug-likeness (QED) is 0.598. The SMILES string of the molecule is CCOC(=O)C1CCN(C(=O)C2=C(C)C(=O)OC23CCN(S(C)(=O)=O)CC3)CC1. The molecule has 3 aliphatic rings. The number of rotatable bonds is 4. The van der Waals surface area contributed by atoms with Crippen LogP contribution in [0.25, 0.3) is 0 Å². The number of piperidine rings is 2. The standard InChI is InChI=1S/C19H28N2O7S/c1-4-27-18(24)14-5-9-20(10-6-14)16(22)15-13(2)17(23)28-19(15)7-11-21(12-8-19)29(3,25)26/h14H,4-12H2,1-3H3. The number of amides is 1. The summed E-state index contributed by atoms with van der Waals surface area (Å²) in [5, 5.41) is 0. The van der Waals surface area contributed by atoms with Crippen LogP contribution in [0.3, 0.4) is 0 Å². The van der Waals surface area contributed by atoms with Crippen molar-refractivity contribution in [1.29, 1.82) is 0 Å². The van der Waals surface area contributed by atoms with E-state index in [2.05, 4.69) is 0 Å². The van der Waals surface area contributed by atoms with Gasteiger partial charge in [-0.1, -0.05) is 0 Å². The molecule has 0 radical (unpaired) electrons. The molecular formula is C19H28N2O7S. The van der Waals surface area contributed by atoms with E-state index in [4.69, 9.17) is 9.47 Å². The van der Waals surface area contributed by atoms with Gasteiger partial charge < -0.3 is 14.4 Å². The highest BCUT2D eigenvalue weighted by Gasteiger charge is 2.52. The van der Waals surface area contributed by atoms with Crippen molar-refractivity contribution in [3.8, 4) is 0 Å². The van der Waals surface area contributed by atoms with Gasteiger partial charge >= 0.3 is 11.9 Å². The first-order valence-electron chi connectivity index (χ1n) is 9.95. The number of hydrogen-bond donors (Lipinski definition) is 0. The molecule has 9 nitrogen and oxygen atoms in total. The second kappa shape index (κ2) is 8.06. The molecule has 1 spiro atoms. The van der Waals surface area contributed by atoms with Crippen LogP contribution in [0, 0.1) is 5.92 Å². The van der Waals surface area contributed by atoms with Crippen LogP contribution in [0.5, 0.6) is 0 Å². The molecule has 0 bridgehead atoms. The molecule has 162 valence electrons. The van der Waals surface area contributed by atoms with Crippen LogP contribution in [-0.2, 0) is 33.9 Å². The summed E-state index contributed by atoms with van der Waals surface area (Å²) < 4.78 is 35.6. The maximum atomic E-state index is 13.3. The summed E-state index contributed by atoms with van der Waals surface area (Å²) in [5.74, 6) is -1.24. The van der Waals surface area contributed by atoms with Crippen molar-refractivity contribution >= 4 is 27.9 Å². The van der Waals surface area contributed by atoms with Crippen LogP contribution in [0.1, 0.15) is 39.5 Å². The molecule has 3 heterocycles. The summed E-state index contributed by atoms with van der Waals surface area (Å²) in [6, 6.07) is 0. The van der Waals surface area contributed by atoms with E-state index in [1.165, 1.54) is 4.31 Å². The molecule has 0 aromatic rings. The Morgan fingerprint density at radius 3 is 2.28 bits per heavy atom. The molecule has 1 amide bonds. The number of sulfonamides is 1. The van der Waals surface area contributed by atoms with E-state index < -0.39 is 21.6 Å². The average Bonchev–Trinajstić information content (AvgIpc) is 2.91. The smallest absolute Gasteiger partial charge is 0.335 e. The van der Waals surface area contributed by atoms with Crippen molar-refractivity contribution in [2.75, 3.05) is 39.0 Å². The summed E-state index contributed by atoms with van der Waals surface area (Å²) in [6.45, 7) is 4.87. The lowest BCUT2D eigenvalue weighted by atomic mass is 9.82. The number of carbonyl (C=O) groups is 3. The highest BCUT2D eigenvalue weighted by atomic mass is 32.2. The number of esters is 2. The molecule has 0 unspecified atom stereocenters. The Bertz CT molecular complexity index is 833. The summed E-state index contributed by atoms with van der Waals surface area (Å²) >= 11 is 0. The zero-order valence-corrected chi connectivity index (χ0v) is 17.9. The Morgan fingerprint density at radius 2 is 1.76 bits per heavy atom. The van der Waals surface area contributed by atoms with Crippen LogP contribution >= 0.6 is 0 Å². The fourth-order valence-electron chi connectivity index (χ4n) is 4.37. The largest absolute Gasteiger partial charge is 0.466 e. The first-order chi connectivity index (χ1) is 13.6. The van der Waals surface area contributed by atoms with Crippen LogP contribution in [0.2, 0.25) is 0 Å². The van der Waals surface area contributed by atoms with Crippen LogP contribution in [0.15, 0.2) is 11.1 Å². The summed E-state index contributed by atoms with van der Waals surface area (Å²) in [5.41, 5.74) is -0.446. The molecule has 3 rings (SSSR count). The van der Waals surface area contributed by atoms with Gasteiger partial charge in [0.25, 0.3) is 5.91 Å². The predicted molar refractivity (Wildman–Crippen MR) is 103 cm³/mol. The predicted octanol–water partition coefficient (Wildman–Crippen LogP) is 0.456. The minimum absolute atomic E-state index is 0.196. The van der Waals surface area contributed by atoms with Gasteiger partial charge in [-0.2, -0.15) is 0 Å². The zero-order valence-electron chi connectivity index (χ0n) is 17.1. The van der Waals surface area contributed by atoms with E-state index in [1.807, 2.05) is 0 Å². The maximum absolute atomic E-state index is 13.3. The highest BCUT2D eigenvalue weighted by Crippen LogP contribution is 2.42. The molecule has 3 aliphatic heterocycles. The molecule has 2 saturated heterocycles. The summed E-state index contributed by atoms with van der Waals surface area (Å²) in [6.07, 6.45) is 2.68. The maximum Gasteiger partial charge on any atom is 0.335 e. The van der Waals surface area contributed by atoms with E-state index in [-0.39, 0.29) is 49.3 Å². The van der Waals surface area contributed by atoms with Gasteiger partial charge in [-0.15, -0.1) is 0 Å². The third kappa shape index (κ3) is 4.18. The number of carbonyl (C=O) groups excluding carboxylic acids is 3. The lowest BCUT2D eigenvalue weighted by Gasteiger charge is -2.40. The minimum Gasteiger partial charge on any atom is -0.466 e. The van der Waals surface area contributed by atoms with Gasteiger partial charge in [-0.25, -0.2) is 17.5 Å². The van der Waals surface area contributed by atoms with Gasteiger partial charge in [0, 0.05) is 44.6 Å². The fourth-order valence-corrected chi connectivity index (χ4v) is 5.22. The van der Waals surface area contributed by atoms with E-state index in [0.717, 1.165) is 6.26 Å². The van der Waals surface area contributed by atoms with E-state index in [0.29, 0.717) is 38.1 Å². The second-order valence-corrected chi connectivity index (χ2v) is 9.85. The van der Waals surface area contributed by atoms with Gasteiger partial charge in [-0.05, 0) is 26.7 Å². The molecule has 0 N–H and O–H groups in total. The highest BCUT2D eigenvalue weighted by molar-refractivity contribution is 7.88. The Balaban J connectivity index is 1.73. The Kier molecular flexibility index (Phi) is 6.05. The fraction of sp³-hybridized carbons (Fsp3) is 0.737. The number of ether oxygens (including phenoxy) is 2. The van der Waals surface area contributed by atoms with Crippen molar-refractivity contribution < 1.29 is 32.3 Å². The topological polar surface area (TPSA) is 110 Å². The van der Waals surface area contributed by atoms with Gasteiger partial charge in [0.05, 0.1) is 24.4 Å². The normalized spacial score (nSPS) is 23.4. The number of hydrogen-bond acceptors (Lipinski definition) is 7. The third-order valence-corrected chi connectivity index (χ3v) is 7.34. The second-order valence-electron chi connectivity index (χ2n) is 7.86. The molecule has 0 saturated carbocycles. The first kappa shape index (κ1) is 21.8. The number of nitrogens with zero attached hydrogens (tertiary/aromatic N) is 2. The Labute approximate surface area is 171 Å². The average molecular weight is 429 g/mol. The zero-order chi connectivity index (χ0) is 21.4. The van der Waals surface area contributed by atoms with Crippen LogP contribution in [0.4, 0.5) is 0 Å². The first-order valence-corrected chi connectivity index (χ1v) is 11.8. The van der Waals surface area contributed by atoms with Crippen LogP contribution < -0.4 is 0 Å². The minimum atomic E-state index is -3.34. The third-order valence-electron chi connectivity index (χ3n) is 6.04. The van der Waals surface area contributed by atoms with Gasteiger partial charge in [-0.3, -0.25) is 9.59 Å². The number of likely N-dealkylation sites (tertiary alicyclic amines) is 1. The Hall–Kier alpha value is -1.94.